The highest BCUT2D eigenvalue weighted by molar-refractivity contribution is 5.90. The number of carbonyl (C=O) groups is 1. The summed E-state index contributed by atoms with van der Waals surface area (Å²) in [5, 5.41) is 17.6. The first kappa shape index (κ1) is 18.3. The maximum atomic E-state index is 11.4. The fourth-order valence-corrected chi connectivity index (χ4v) is 3.35. The summed E-state index contributed by atoms with van der Waals surface area (Å²) in [6, 6.07) is 9.12. The number of nitrogens with zero attached hydrogens (tertiary/aromatic N) is 5. The molecule has 8 heteroatoms. The molecule has 8 nitrogen and oxygen atoms in total. The lowest BCUT2D eigenvalue weighted by Gasteiger charge is -2.26. The lowest BCUT2D eigenvalue weighted by atomic mass is 10.1. The lowest BCUT2D eigenvalue weighted by Crippen LogP contribution is -2.35. The van der Waals surface area contributed by atoms with Crippen LogP contribution in [0, 0.1) is 6.92 Å². The minimum atomic E-state index is -0.963. The number of carboxylic acid groups (broad SMARTS) is 1. The zero-order valence-electron chi connectivity index (χ0n) is 15.6. The molecule has 28 heavy (non-hydrogen) atoms. The molecule has 3 aromatic rings. The summed E-state index contributed by atoms with van der Waals surface area (Å²) < 4.78 is 7.03. The molecule has 1 aliphatic heterocycles. The van der Waals surface area contributed by atoms with E-state index in [0.29, 0.717) is 11.3 Å². The Balaban J connectivity index is 1.61. The van der Waals surface area contributed by atoms with E-state index in [1.807, 2.05) is 18.2 Å². The molecule has 0 spiro atoms. The van der Waals surface area contributed by atoms with Crippen LogP contribution in [0.15, 0.2) is 42.7 Å². The van der Waals surface area contributed by atoms with E-state index in [4.69, 9.17) is 4.74 Å². The van der Waals surface area contributed by atoms with Crippen LogP contribution in [0.25, 0.3) is 16.9 Å². The average Bonchev–Trinajstić information content (AvgIpc) is 3.19. The number of aromatic carboxylic acids is 1. The largest absolute Gasteiger partial charge is 0.478 e. The van der Waals surface area contributed by atoms with Gasteiger partial charge < -0.3 is 9.84 Å². The number of hydrogen-bond acceptors (Lipinski definition) is 6. The topological polar surface area (TPSA) is 93.4 Å². The molecular weight excluding hydrogens is 358 g/mol. The first-order valence-electron chi connectivity index (χ1n) is 9.13. The third-order valence-corrected chi connectivity index (χ3v) is 4.92. The minimum absolute atomic E-state index is 0.248. The van der Waals surface area contributed by atoms with E-state index in [1.165, 1.54) is 0 Å². The number of pyridine rings is 1. The standard InChI is InChI=1S/C20H21N5O3/c1-14-17(20(26)27)3-2-4-18(14)25-19(12-22-23-25)15-5-6-16(21-11-15)13-24-7-9-28-10-8-24/h2-6,11-12H,7-10,13H2,1H3,(H,26,27). The van der Waals surface area contributed by atoms with Crippen LogP contribution in [-0.4, -0.2) is 62.3 Å². The first-order valence-corrected chi connectivity index (χ1v) is 9.13. The normalized spacial score (nSPS) is 14.9. The highest BCUT2D eigenvalue weighted by Crippen LogP contribution is 2.24. The fraction of sp³-hybridized carbons (Fsp3) is 0.300. The van der Waals surface area contributed by atoms with Gasteiger partial charge in [-0.15, -0.1) is 5.10 Å². The second kappa shape index (κ2) is 7.87. The molecule has 0 radical (unpaired) electrons. The van der Waals surface area contributed by atoms with Crippen LogP contribution >= 0.6 is 0 Å². The van der Waals surface area contributed by atoms with Crippen molar-refractivity contribution in [2.24, 2.45) is 0 Å². The Morgan fingerprint density at radius 3 is 2.71 bits per heavy atom. The second-order valence-electron chi connectivity index (χ2n) is 6.71. The molecule has 144 valence electrons. The molecule has 0 atom stereocenters. The third-order valence-electron chi connectivity index (χ3n) is 4.92. The molecule has 1 fully saturated rings. The van der Waals surface area contributed by atoms with Crippen LogP contribution in [0.3, 0.4) is 0 Å². The predicted octanol–water partition coefficient (Wildman–Crippen LogP) is 2.17. The Labute approximate surface area is 162 Å². The Morgan fingerprint density at radius 2 is 2.00 bits per heavy atom. The Kier molecular flexibility index (Phi) is 5.14. The molecule has 1 aliphatic rings. The SMILES string of the molecule is Cc1c(C(=O)O)cccc1-n1nncc1-c1ccc(CN2CCOCC2)nc1. The van der Waals surface area contributed by atoms with Gasteiger partial charge in [-0.3, -0.25) is 9.88 Å². The molecular formula is C20H21N5O3. The van der Waals surface area contributed by atoms with Crippen molar-refractivity contribution in [2.75, 3.05) is 26.3 Å². The Morgan fingerprint density at radius 1 is 1.18 bits per heavy atom. The van der Waals surface area contributed by atoms with Gasteiger partial charge in [0.2, 0.25) is 0 Å². The molecule has 0 bridgehead atoms. The van der Waals surface area contributed by atoms with E-state index in [1.54, 1.807) is 36.1 Å². The van der Waals surface area contributed by atoms with Crippen molar-refractivity contribution in [3.8, 4) is 16.9 Å². The monoisotopic (exact) mass is 379 g/mol. The highest BCUT2D eigenvalue weighted by Gasteiger charge is 2.16. The van der Waals surface area contributed by atoms with Gasteiger partial charge >= 0.3 is 5.97 Å². The molecule has 3 heterocycles. The molecule has 0 amide bonds. The van der Waals surface area contributed by atoms with Gasteiger partial charge in [-0.1, -0.05) is 11.3 Å². The molecule has 1 saturated heterocycles. The van der Waals surface area contributed by atoms with Crippen LogP contribution in [0.4, 0.5) is 0 Å². The number of hydrogen-bond donors (Lipinski definition) is 1. The van der Waals surface area contributed by atoms with E-state index >= 15 is 0 Å². The second-order valence-corrected chi connectivity index (χ2v) is 6.71. The first-order chi connectivity index (χ1) is 13.6. The Bertz CT molecular complexity index is 978. The lowest BCUT2D eigenvalue weighted by molar-refractivity contribution is 0.0336. The number of rotatable bonds is 5. The molecule has 0 aliphatic carbocycles. The van der Waals surface area contributed by atoms with Gasteiger partial charge in [-0.25, -0.2) is 9.48 Å². The maximum absolute atomic E-state index is 11.4. The molecule has 0 unspecified atom stereocenters. The fourth-order valence-electron chi connectivity index (χ4n) is 3.35. The quantitative estimate of drug-likeness (QED) is 0.726. The van der Waals surface area contributed by atoms with E-state index in [-0.39, 0.29) is 5.56 Å². The van der Waals surface area contributed by atoms with Gasteiger partial charge in [-0.05, 0) is 36.8 Å². The maximum Gasteiger partial charge on any atom is 0.336 e. The van der Waals surface area contributed by atoms with Gasteiger partial charge in [0.15, 0.2) is 0 Å². The predicted molar refractivity (Wildman–Crippen MR) is 102 cm³/mol. The smallest absolute Gasteiger partial charge is 0.336 e. The molecule has 4 rings (SSSR count). The van der Waals surface area contributed by atoms with E-state index in [0.717, 1.165) is 49.8 Å². The van der Waals surface area contributed by atoms with E-state index in [9.17, 15) is 9.90 Å². The van der Waals surface area contributed by atoms with E-state index < -0.39 is 5.97 Å². The number of ether oxygens (including phenoxy) is 1. The van der Waals surface area contributed by atoms with Crippen molar-refractivity contribution in [1.29, 1.82) is 0 Å². The summed E-state index contributed by atoms with van der Waals surface area (Å²) in [6.45, 7) is 5.92. The molecule has 1 N–H and O–H groups in total. The summed E-state index contributed by atoms with van der Waals surface area (Å²) in [5.74, 6) is -0.963. The van der Waals surface area contributed by atoms with Crippen molar-refractivity contribution < 1.29 is 14.6 Å². The van der Waals surface area contributed by atoms with Crippen molar-refractivity contribution in [1.82, 2.24) is 24.9 Å². The number of benzene rings is 1. The van der Waals surface area contributed by atoms with Crippen molar-refractivity contribution in [2.45, 2.75) is 13.5 Å². The van der Waals surface area contributed by atoms with Crippen LogP contribution in [-0.2, 0) is 11.3 Å². The molecule has 2 aromatic heterocycles. The summed E-state index contributed by atoms with van der Waals surface area (Å²) >= 11 is 0. The average molecular weight is 379 g/mol. The van der Waals surface area contributed by atoms with Gasteiger partial charge in [-0.2, -0.15) is 0 Å². The number of carboxylic acids is 1. The zero-order chi connectivity index (χ0) is 19.5. The highest BCUT2D eigenvalue weighted by atomic mass is 16.5. The third kappa shape index (κ3) is 3.64. The van der Waals surface area contributed by atoms with Crippen molar-refractivity contribution in [3.63, 3.8) is 0 Å². The molecule has 1 aromatic carbocycles. The van der Waals surface area contributed by atoms with Crippen LogP contribution in [0.2, 0.25) is 0 Å². The van der Waals surface area contributed by atoms with Gasteiger partial charge in [0.25, 0.3) is 0 Å². The Hall–Kier alpha value is -3.10. The van der Waals surface area contributed by atoms with Gasteiger partial charge in [0.05, 0.1) is 42.0 Å². The summed E-state index contributed by atoms with van der Waals surface area (Å²) in [6.07, 6.45) is 3.47. The summed E-state index contributed by atoms with van der Waals surface area (Å²) in [5.41, 5.74) is 4.20. The number of morpholine rings is 1. The van der Waals surface area contributed by atoms with Gasteiger partial charge in [0.1, 0.15) is 0 Å². The summed E-state index contributed by atoms with van der Waals surface area (Å²) in [7, 11) is 0. The molecule has 0 saturated carbocycles. The zero-order valence-corrected chi connectivity index (χ0v) is 15.6. The number of aromatic nitrogens is 4. The van der Waals surface area contributed by atoms with E-state index in [2.05, 4.69) is 20.2 Å². The van der Waals surface area contributed by atoms with Crippen LogP contribution < -0.4 is 0 Å². The van der Waals surface area contributed by atoms with Crippen molar-refractivity contribution in [3.05, 3.63) is 59.5 Å². The van der Waals surface area contributed by atoms with Crippen LogP contribution in [0.5, 0.6) is 0 Å². The summed E-state index contributed by atoms with van der Waals surface area (Å²) in [4.78, 5) is 18.3. The van der Waals surface area contributed by atoms with Crippen LogP contribution in [0.1, 0.15) is 21.6 Å². The minimum Gasteiger partial charge on any atom is -0.478 e. The van der Waals surface area contributed by atoms with Crippen molar-refractivity contribution >= 4 is 5.97 Å². The van der Waals surface area contributed by atoms with Gasteiger partial charge in [0, 0.05) is 31.4 Å².